The van der Waals surface area contributed by atoms with Crippen LogP contribution in [0, 0.1) is 6.92 Å². The van der Waals surface area contributed by atoms with Crippen LogP contribution in [0.5, 0.6) is 0 Å². The number of carbonyl (C=O) groups is 1. The maximum atomic E-state index is 10.8. The van der Waals surface area contributed by atoms with Crippen LogP contribution in [0.2, 0.25) is 0 Å². The van der Waals surface area contributed by atoms with Gasteiger partial charge in [0, 0.05) is 12.1 Å². The van der Waals surface area contributed by atoms with Gasteiger partial charge in [0.05, 0.1) is 12.6 Å². The molecule has 1 aromatic heterocycles. The number of aliphatic hydroxyl groups excluding tert-OH is 1. The highest BCUT2D eigenvalue weighted by atomic mass is 16.4. The lowest BCUT2D eigenvalue weighted by Gasteiger charge is -2.29. The Morgan fingerprint density at radius 2 is 2.41 bits per heavy atom. The Balaban J connectivity index is 2.03. The van der Waals surface area contributed by atoms with E-state index < -0.39 is 5.97 Å². The molecule has 2 N–H and O–H groups in total. The molecule has 17 heavy (non-hydrogen) atoms. The largest absolute Gasteiger partial charge is 0.475 e. The van der Waals surface area contributed by atoms with E-state index in [0.29, 0.717) is 24.4 Å². The van der Waals surface area contributed by atoms with Gasteiger partial charge in [-0.1, -0.05) is 0 Å². The second-order valence-electron chi connectivity index (χ2n) is 4.56. The number of rotatable bonds is 3. The van der Waals surface area contributed by atoms with Crippen LogP contribution < -0.4 is 0 Å². The SMILES string of the molecule is Cc1cc(CN2CCCC(O)C2)oc1C(=O)O. The maximum Gasteiger partial charge on any atom is 0.372 e. The zero-order chi connectivity index (χ0) is 12.4. The molecule has 0 radical (unpaired) electrons. The van der Waals surface area contributed by atoms with Gasteiger partial charge in [-0.2, -0.15) is 0 Å². The van der Waals surface area contributed by atoms with E-state index in [4.69, 9.17) is 9.52 Å². The minimum absolute atomic E-state index is 0.0116. The molecule has 0 aliphatic carbocycles. The lowest BCUT2D eigenvalue weighted by atomic mass is 10.1. The Morgan fingerprint density at radius 1 is 1.65 bits per heavy atom. The number of furan rings is 1. The molecule has 1 aromatic rings. The van der Waals surface area contributed by atoms with Gasteiger partial charge in [0.2, 0.25) is 5.76 Å². The van der Waals surface area contributed by atoms with Crippen LogP contribution in [0.3, 0.4) is 0 Å². The molecule has 1 unspecified atom stereocenters. The van der Waals surface area contributed by atoms with E-state index in [2.05, 4.69) is 4.90 Å². The highest BCUT2D eigenvalue weighted by Gasteiger charge is 2.20. The Kier molecular flexibility index (Phi) is 3.49. The molecule has 0 bridgehead atoms. The molecule has 94 valence electrons. The molecular weight excluding hydrogens is 222 g/mol. The van der Waals surface area contributed by atoms with Crippen molar-refractivity contribution in [3.63, 3.8) is 0 Å². The second kappa shape index (κ2) is 4.89. The van der Waals surface area contributed by atoms with Gasteiger partial charge in [0.15, 0.2) is 0 Å². The summed E-state index contributed by atoms with van der Waals surface area (Å²) in [7, 11) is 0. The molecule has 5 nitrogen and oxygen atoms in total. The zero-order valence-corrected chi connectivity index (χ0v) is 9.85. The lowest BCUT2D eigenvalue weighted by Crippen LogP contribution is -2.37. The fraction of sp³-hybridized carbons (Fsp3) is 0.583. The molecule has 1 aliphatic heterocycles. The summed E-state index contributed by atoms with van der Waals surface area (Å²) in [5.74, 6) is -0.376. The predicted molar refractivity (Wildman–Crippen MR) is 60.9 cm³/mol. The number of hydrogen-bond donors (Lipinski definition) is 2. The third kappa shape index (κ3) is 2.87. The number of hydrogen-bond acceptors (Lipinski definition) is 4. The van der Waals surface area contributed by atoms with Crippen LogP contribution in [0.1, 0.15) is 34.7 Å². The highest BCUT2D eigenvalue weighted by molar-refractivity contribution is 5.86. The third-order valence-corrected chi connectivity index (χ3v) is 3.02. The topological polar surface area (TPSA) is 73.9 Å². The number of aryl methyl sites for hydroxylation is 1. The van der Waals surface area contributed by atoms with Crippen molar-refractivity contribution >= 4 is 5.97 Å². The molecule has 1 fully saturated rings. The molecule has 1 aliphatic rings. The molecule has 2 heterocycles. The summed E-state index contributed by atoms with van der Waals surface area (Å²) in [5, 5.41) is 18.4. The molecule has 0 amide bonds. The number of carboxylic acids is 1. The van der Waals surface area contributed by atoms with Crippen molar-refractivity contribution in [2.24, 2.45) is 0 Å². The first-order valence-corrected chi connectivity index (χ1v) is 5.79. The van der Waals surface area contributed by atoms with E-state index in [1.807, 2.05) is 0 Å². The van der Waals surface area contributed by atoms with Crippen LogP contribution in [0.25, 0.3) is 0 Å². The molecule has 5 heteroatoms. The summed E-state index contributed by atoms with van der Waals surface area (Å²) in [4.78, 5) is 12.9. The molecule has 1 atom stereocenters. The van der Waals surface area contributed by atoms with Crippen LogP contribution in [-0.2, 0) is 6.54 Å². The van der Waals surface area contributed by atoms with Crippen LogP contribution >= 0.6 is 0 Å². The first-order valence-electron chi connectivity index (χ1n) is 5.79. The molecule has 0 saturated carbocycles. The maximum absolute atomic E-state index is 10.8. The number of aromatic carboxylic acids is 1. The van der Waals surface area contributed by atoms with E-state index in [-0.39, 0.29) is 11.9 Å². The van der Waals surface area contributed by atoms with Gasteiger partial charge in [-0.3, -0.25) is 4.90 Å². The van der Waals surface area contributed by atoms with Gasteiger partial charge < -0.3 is 14.6 Å². The Bertz CT molecular complexity index is 413. The van der Waals surface area contributed by atoms with Gasteiger partial charge in [0.1, 0.15) is 5.76 Å². The average Bonchev–Trinajstić information content (AvgIpc) is 2.59. The van der Waals surface area contributed by atoms with Crippen molar-refractivity contribution in [1.82, 2.24) is 4.90 Å². The van der Waals surface area contributed by atoms with Crippen molar-refractivity contribution in [3.05, 3.63) is 23.2 Å². The Hall–Kier alpha value is -1.33. The standard InChI is InChI=1S/C12H17NO4/c1-8-5-10(17-11(8)12(15)16)7-13-4-2-3-9(14)6-13/h5,9,14H,2-4,6-7H2,1H3,(H,15,16). The monoisotopic (exact) mass is 239 g/mol. The fourth-order valence-electron chi connectivity index (χ4n) is 2.23. The van der Waals surface area contributed by atoms with E-state index >= 15 is 0 Å². The van der Waals surface area contributed by atoms with Crippen molar-refractivity contribution < 1.29 is 19.4 Å². The van der Waals surface area contributed by atoms with E-state index in [1.165, 1.54) is 0 Å². The number of nitrogens with zero attached hydrogens (tertiary/aromatic N) is 1. The van der Waals surface area contributed by atoms with Gasteiger partial charge in [-0.25, -0.2) is 4.79 Å². The molecule has 1 saturated heterocycles. The van der Waals surface area contributed by atoms with Gasteiger partial charge in [-0.15, -0.1) is 0 Å². The summed E-state index contributed by atoms with van der Waals surface area (Å²) in [6, 6.07) is 1.75. The van der Waals surface area contributed by atoms with Crippen LogP contribution in [0.15, 0.2) is 10.5 Å². The van der Waals surface area contributed by atoms with Gasteiger partial charge in [-0.05, 0) is 32.4 Å². The first-order chi connectivity index (χ1) is 8.06. The van der Waals surface area contributed by atoms with Crippen LogP contribution in [-0.4, -0.2) is 40.3 Å². The Labute approximate surface area is 99.6 Å². The van der Waals surface area contributed by atoms with Crippen molar-refractivity contribution in [1.29, 1.82) is 0 Å². The predicted octanol–water partition coefficient (Wildman–Crippen LogP) is 1.24. The third-order valence-electron chi connectivity index (χ3n) is 3.02. The van der Waals surface area contributed by atoms with E-state index in [1.54, 1.807) is 13.0 Å². The van der Waals surface area contributed by atoms with Crippen molar-refractivity contribution in [2.45, 2.75) is 32.4 Å². The number of piperidine rings is 1. The summed E-state index contributed by atoms with van der Waals surface area (Å²) < 4.78 is 5.29. The normalized spacial score (nSPS) is 21.6. The lowest BCUT2D eigenvalue weighted by molar-refractivity contribution is 0.0597. The second-order valence-corrected chi connectivity index (χ2v) is 4.56. The molecule has 0 spiro atoms. The molecular formula is C12H17NO4. The molecule has 2 rings (SSSR count). The minimum Gasteiger partial charge on any atom is -0.475 e. The number of aliphatic hydroxyl groups is 1. The number of carboxylic acid groups (broad SMARTS) is 1. The Morgan fingerprint density at radius 3 is 3.00 bits per heavy atom. The summed E-state index contributed by atoms with van der Waals surface area (Å²) in [6.45, 7) is 3.83. The summed E-state index contributed by atoms with van der Waals surface area (Å²) >= 11 is 0. The quantitative estimate of drug-likeness (QED) is 0.830. The summed E-state index contributed by atoms with van der Waals surface area (Å²) in [6.07, 6.45) is 1.53. The highest BCUT2D eigenvalue weighted by Crippen LogP contribution is 2.18. The average molecular weight is 239 g/mol. The van der Waals surface area contributed by atoms with E-state index in [0.717, 1.165) is 19.4 Å². The van der Waals surface area contributed by atoms with E-state index in [9.17, 15) is 9.90 Å². The summed E-state index contributed by atoms with van der Waals surface area (Å²) in [5.41, 5.74) is 0.644. The molecule has 0 aromatic carbocycles. The zero-order valence-electron chi connectivity index (χ0n) is 9.85. The minimum atomic E-state index is -1.03. The van der Waals surface area contributed by atoms with Crippen LogP contribution in [0.4, 0.5) is 0 Å². The van der Waals surface area contributed by atoms with Gasteiger partial charge >= 0.3 is 5.97 Å². The number of β-amino-alcohol motifs (C(OH)–C–C–N with tert-alkyl or cyclic N) is 1. The smallest absolute Gasteiger partial charge is 0.372 e. The van der Waals surface area contributed by atoms with Gasteiger partial charge in [0.25, 0.3) is 0 Å². The fourth-order valence-corrected chi connectivity index (χ4v) is 2.23. The first kappa shape index (κ1) is 12.1. The van der Waals surface area contributed by atoms with Crippen molar-refractivity contribution in [3.8, 4) is 0 Å². The number of likely N-dealkylation sites (tertiary alicyclic amines) is 1. The van der Waals surface area contributed by atoms with Crippen molar-refractivity contribution in [2.75, 3.05) is 13.1 Å².